The molecule has 3 aliphatic rings. The normalized spacial score (nSPS) is 23.6. The summed E-state index contributed by atoms with van der Waals surface area (Å²) in [5.74, 6) is 0. The third-order valence-electron chi connectivity index (χ3n) is 3.61. The van der Waals surface area contributed by atoms with Crippen LogP contribution < -0.4 is 0 Å². The molecule has 2 aliphatic carbocycles. The fraction of sp³-hybridized carbons (Fsp3) is 0.429. The number of hydrogen-bond donors (Lipinski definition) is 0. The van der Waals surface area contributed by atoms with Crippen molar-refractivity contribution in [3.8, 4) is 6.07 Å². The first-order valence-corrected chi connectivity index (χ1v) is 6.01. The monoisotopic (exact) mass is 210 g/mol. The molecule has 0 N–H and O–H groups in total. The molecule has 0 atom stereocenters. The van der Waals surface area contributed by atoms with E-state index in [0.717, 1.165) is 17.7 Å². The minimum atomic E-state index is 0.646. The predicted octanol–water partition coefficient (Wildman–Crippen LogP) is 3.44. The minimum absolute atomic E-state index is 0.646. The van der Waals surface area contributed by atoms with Gasteiger partial charge in [-0.25, -0.2) is 4.99 Å². The standard InChI is InChI=1S/C14H14N2/c15-9-13-14-11(7-4-8-12(14)16-13)10-5-2-1-3-6-10/h4,8H,1-3,5-7H2. The molecule has 1 fully saturated rings. The molecule has 1 aliphatic heterocycles. The molecule has 2 heteroatoms. The van der Waals surface area contributed by atoms with E-state index in [1.165, 1.54) is 37.7 Å². The van der Waals surface area contributed by atoms with E-state index in [-0.39, 0.29) is 0 Å². The molecule has 0 amide bonds. The maximum atomic E-state index is 8.98. The van der Waals surface area contributed by atoms with Crippen LogP contribution in [-0.4, -0.2) is 5.71 Å². The maximum Gasteiger partial charge on any atom is 0.150 e. The lowest BCUT2D eigenvalue weighted by molar-refractivity contribution is 0.593. The summed E-state index contributed by atoms with van der Waals surface area (Å²) in [4.78, 5) is 4.22. The summed E-state index contributed by atoms with van der Waals surface area (Å²) in [6.45, 7) is 0. The molecule has 0 radical (unpaired) electrons. The van der Waals surface area contributed by atoms with Crippen molar-refractivity contribution in [3.05, 3.63) is 34.6 Å². The molecular formula is C14H14N2. The zero-order valence-corrected chi connectivity index (χ0v) is 9.29. The van der Waals surface area contributed by atoms with Gasteiger partial charge in [-0.05, 0) is 43.8 Å². The number of nitrogens with zero attached hydrogens (tertiary/aromatic N) is 2. The van der Waals surface area contributed by atoms with Crippen molar-refractivity contribution in [1.82, 2.24) is 0 Å². The quantitative estimate of drug-likeness (QED) is 0.603. The van der Waals surface area contributed by atoms with Crippen LogP contribution in [-0.2, 0) is 0 Å². The average Bonchev–Trinajstić information content (AvgIpc) is 2.32. The van der Waals surface area contributed by atoms with Crippen LogP contribution in [0.2, 0.25) is 0 Å². The summed E-state index contributed by atoms with van der Waals surface area (Å²) in [5.41, 5.74) is 5.81. The fourth-order valence-electron chi connectivity index (χ4n) is 2.79. The van der Waals surface area contributed by atoms with E-state index in [4.69, 9.17) is 5.26 Å². The Bertz CT molecular complexity index is 487. The third kappa shape index (κ3) is 1.36. The zero-order valence-electron chi connectivity index (χ0n) is 9.29. The molecule has 0 aromatic heterocycles. The second kappa shape index (κ2) is 3.75. The average molecular weight is 210 g/mol. The Morgan fingerprint density at radius 3 is 2.75 bits per heavy atom. The Labute approximate surface area is 95.7 Å². The zero-order chi connectivity index (χ0) is 11.0. The van der Waals surface area contributed by atoms with E-state index in [0.29, 0.717) is 5.71 Å². The minimum Gasteiger partial charge on any atom is -0.236 e. The van der Waals surface area contributed by atoms with E-state index in [1.54, 1.807) is 5.57 Å². The SMILES string of the molecule is N#CC1=NC2=C1C(=C1CCCCC1)CC=C2. The van der Waals surface area contributed by atoms with Crippen molar-refractivity contribution in [2.75, 3.05) is 0 Å². The highest BCUT2D eigenvalue weighted by atomic mass is 14.8. The number of aliphatic imine (C=N–C) groups is 1. The van der Waals surface area contributed by atoms with Gasteiger partial charge in [-0.3, -0.25) is 0 Å². The molecule has 16 heavy (non-hydrogen) atoms. The van der Waals surface area contributed by atoms with Crippen molar-refractivity contribution in [2.45, 2.75) is 38.5 Å². The van der Waals surface area contributed by atoms with Crippen molar-refractivity contribution >= 4 is 5.71 Å². The summed E-state index contributed by atoms with van der Waals surface area (Å²) in [6, 6.07) is 2.19. The molecule has 0 unspecified atom stereocenters. The Kier molecular flexibility index (Phi) is 2.25. The van der Waals surface area contributed by atoms with E-state index in [1.807, 2.05) is 6.08 Å². The Hall–Kier alpha value is -1.62. The summed E-state index contributed by atoms with van der Waals surface area (Å²) < 4.78 is 0. The number of allylic oxidation sites excluding steroid dienone is 5. The summed E-state index contributed by atoms with van der Waals surface area (Å²) >= 11 is 0. The van der Waals surface area contributed by atoms with Crippen LogP contribution in [0.5, 0.6) is 0 Å². The van der Waals surface area contributed by atoms with Gasteiger partial charge in [0.2, 0.25) is 0 Å². The van der Waals surface area contributed by atoms with E-state index in [9.17, 15) is 0 Å². The van der Waals surface area contributed by atoms with Gasteiger partial charge in [0.15, 0.2) is 5.71 Å². The van der Waals surface area contributed by atoms with Crippen LogP contribution >= 0.6 is 0 Å². The number of rotatable bonds is 0. The maximum absolute atomic E-state index is 8.98. The highest BCUT2D eigenvalue weighted by Gasteiger charge is 2.28. The Balaban J connectivity index is 1.98. The first kappa shape index (κ1) is 9.59. The van der Waals surface area contributed by atoms with Crippen LogP contribution in [0.1, 0.15) is 38.5 Å². The van der Waals surface area contributed by atoms with Crippen LogP contribution in [0.3, 0.4) is 0 Å². The highest BCUT2D eigenvalue weighted by molar-refractivity contribution is 6.19. The molecule has 80 valence electrons. The number of hydrogen-bond acceptors (Lipinski definition) is 2. The van der Waals surface area contributed by atoms with Crippen LogP contribution in [0, 0.1) is 11.3 Å². The molecule has 0 bridgehead atoms. The second-order valence-electron chi connectivity index (χ2n) is 4.58. The molecule has 2 nitrogen and oxygen atoms in total. The van der Waals surface area contributed by atoms with Crippen molar-refractivity contribution < 1.29 is 0 Å². The van der Waals surface area contributed by atoms with Crippen LogP contribution in [0.15, 0.2) is 39.6 Å². The molecule has 0 aromatic carbocycles. The lowest BCUT2D eigenvalue weighted by Gasteiger charge is -2.26. The van der Waals surface area contributed by atoms with Crippen molar-refractivity contribution in [3.63, 3.8) is 0 Å². The Morgan fingerprint density at radius 2 is 2.00 bits per heavy atom. The van der Waals surface area contributed by atoms with Gasteiger partial charge in [-0.1, -0.05) is 18.1 Å². The predicted molar refractivity (Wildman–Crippen MR) is 63.9 cm³/mol. The van der Waals surface area contributed by atoms with Crippen molar-refractivity contribution in [1.29, 1.82) is 5.26 Å². The Morgan fingerprint density at radius 1 is 1.19 bits per heavy atom. The van der Waals surface area contributed by atoms with Gasteiger partial charge in [0, 0.05) is 5.57 Å². The van der Waals surface area contributed by atoms with Crippen molar-refractivity contribution in [2.24, 2.45) is 4.99 Å². The van der Waals surface area contributed by atoms with Gasteiger partial charge in [-0.2, -0.15) is 5.26 Å². The molecular weight excluding hydrogens is 196 g/mol. The summed E-state index contributed by atoms with van der Waals surface area (Å²) in [5, 5.41) is 8.98. The first-order chi connectivity index (χ1) is 7.90. The first-order valence-electron chi connectivity index (χ1n) is 6.01. The number of nitriles is 1. The fourth-order valence-corrected chi connectivity index (χ4v) is 2.79. The summed E-state index contributed by atoms with van der Waals surface area (Å²) in [7, 11) is 0. The van der Waals surface area contributed by atoms with E-state index >= 15 is 0 Å². The molecule has 1 saturated carbocycles. The van der Waals surface area contributed by atoms with Gasteiger partial charge >= 0.3 is 0 Å². The topological polar surface area (TPSA) is 36.1 Å². The van der Waals surface area contributed by atoms with Crippen LogP contribution in [0.25, 0.3) is 0 Å². The molecule has 0 spiro atoms. The van der Waals surface area contributed by atoms with Gasteiger partial charge in [0.05, 0.1) is 5.70 Å². The largest absolute Gasteiger partial charge is 0.236 e. The van der Waals surface area contributed by atoms with Gasteiger partial charge in [-0.15, -0.1) is 0 Å². The molecule has 0 saturated heterocycles. The van der Waals surface area contributed by atoms with Gasteiger partial charge < -0.3 is 0 Å². The lowest BCUT2D eigenvalue weighted by atomic mass is 9.81. The van der Waals surface area contributed by atoms with E-state index in [2.05, 4.69) is 17.1 Å². The summed E-state index contributed by atoms with van der Waals surface area (Å²) in [6.07, 6.45) is 11.6. The van der Waals surface area contributed by atoms with E-state index < -0.39 is 0 Å². The van der Waals surface area contributed by atoms with Gasteiger partial charge in [0.25, 0.3) is 0 Å². The van der Waals surface area contributed by atoms with Gasteiger partial charge in [0.1, 0.15) is 6.07 Å². The molecule has 1 heterocycles. The van der Waals surface area contributed by atoms with Crippen LogP contribution in [0.4, 0.5) is 0 Å². The highest BCUT2D eigenvalue weighted by Crippen LogP contribution is 2.38. The lowest BCUT2D eigenvalue weighted by Crippen LogP contribution is -2.18. The smallest absolute Gasteiger partial charge is 0.150 e. The third-order valence-corrected chi connectivity index (χ3v) is 3.61. The molecule has 3 rings (SSSR count). The second-order valence-corrected chi connectivity index (χ2v) is 4.58. The molecule has 0 aromatic rings.